The fraction of sp³-hybridized carbons (Fsp3) is 0.947. The summed E-state index contributed by atoms with van der Waals surface area (Å²) >= 11 is 2.10. The van der Waals surface area contributed by atoms with Crippen molar-refractivity contribution in [1.82, 2.24) is 0 Å². The second-order valence-corrected chi connectivity index (χ2v) is 7.94. The molecule has 136 valence electrons. The summed E-state index contributed by atoms with van der Waals surface area (Å²) in [6.07, 6.45) is 12.4. The lowest BCUT2D eigenvalue weighted by atomic mass is 9.88. The molecule has 3 nitrogen and oxygen atoms in total. The van der Waals surface area contributed by atoms with Gasteiger partial charge >= 0.3 is 5.97 Å². The molecule has 1 aliphatic heterocycles. The van der Waals surface area contributed by atoms with Crippen molar-refractivity contribution in [2.75, 3.05) is 24.7 Å². The number of hydrogen-bond donors (Lipinski definition) is 1. The third-order valence-corrected chi connectivity index (χ3v) is 6.15. The van der Waals surface area contributed by atoms with E-state index in [1.54, 1.807) is 0 Å². The van der Waals surface area contributed by atoms with Gasteiger partial charge in [0.05, 0.1) is 0 Å². The lowest BCUT2D eigenvalue weighted by molar-refractivity contribution is -0.137. The Balaban J connectivity index is 1.97. The van der Waals surface area contributed by atoms with Crippen LogP contribution < -0.4 is 0 Å². The van der Waals surface area contributed by atoms with Crippen LogP contribution in [0.1, 0.15) is 77.6 Å². The van der Waals surface area contributed by atoms with Crippen LogP contribution in [0.3, 0.4) is 0 Å². The summed E-state index contributed by atoms with van der Waals surface area (Å²) in [6, 6.07) is 0. The first-order valence-corrected chi connectivity index (χ1v) is 10.8. The monoisotopic (exact) mass is 344 g/mol. The van der Waals surface area contributed by atoms with E-state index in [9.17, 15) is 4.79 Å². The van der Waals surface area contributed by atoms with Gasteiger partial charge in [0.2, 0.25) is 0 Å². The van der Waals surface area contributed by atoms with Gasteiger partial charge in [-0.2, -0.15) is 11.8 Å². The molecule has 0 bridgehead atoms. The number of carboxylic acid groups (broad SMARTS) is 1. The van der Waals surface area contributed by atoms with Gasteiger partial charge in [-0.25, -0.2) is 0 Å². The molecule has 1 N–H and O–H groups in total. The Kier molecular flexibility index (Phi) is 12.8. The minimum atomic E-state index is -0.660. The average Bonchev–Trinajstić information content (AvgIpc) is 2.97. The molecule has 0 aromatic carbocycles. The van der Waals surface area contributed by atoms with Gasteiger partial charge in [-0.05, 0) is 49.0 Å². The third kappa shape index (κ3) is 11.0. The summed E-state index contributed by atoms with van der Waals surface area (Å²) in [7, 11) is 0. The average molecular weight is 345 g/mol. The van der Waals surface area contributed by atoms with E-state index in [0.717, 1.165) is 37.9 Å². The first-order valence-electron chi connectivity index (χ1n) is 9.61. The van der Waals surface area contributed by atoms with Gasteiger partial charge in [0.25, 0.3) is 0 Å². The van der Waals surface area contributed by atoms with Gasteiger partial charge in [-0.15, -0.1) is 0 Å². The Morgan fingerprint density at radius 3 is 2.39 bits per heavy atom. The van der Waals surface area contributed by atoms with Gasteiger partial charge in [0.1, 0.15) is 0 Å². The topological polar surface area (TPSA) is 46.5 Å². The standard InChI is InChI=1S/C19H36O3S/c1-2-3-4-9-13-22-14-12-18-16-23-15-17(18)10-7-5-6-8-11-19(20)21/h17-18H,2-16H2,1H3,(H,20,21). The molecule has 0 aromatic heterocycles. The second-order valence-electron chi connectivity index (χ2n) is 6.87. The largest absolute Gasteiger partial charge is 0.481 e. The number of ether oxygens (including phenoxy) is 1. The fourth-order valence-corrected chi connectivity index (χ4v) is 4.90. The van der Waals surface area contributed by atoms with Crippen LogP contribution >= 0.6 is 11.8 Å². The van der Waals surface area contributed by atoms with E-state index in [-0.39, 0.29) is 0 Å². The summed E-state index contributed by atoms with van der Waals surface area (Å²) in [6.45, 7) is 4.12. The molecule has 1 rings (SSSR count). The van der Waals surface area contributed by atoms with Crippen molar-refractivity contribution >= 4 is 17.7 Å². The Morgan fingerprint density at radius 1 is 0.957 bits per heavy atom. The molecular formula is C19H36O3S. The minimum absolute atomic E-state index is 0.331. The molecular weight excluding hydrogens is 308 g/mol. The van der Waals surface area contributed by atoms with Crippen molar-refractivity contribution in [2.24, 2.45) is 11.8 Å². The molecule has 4 heteroatoms. The maximum absolute atomic E-state index is 10.5. The molecule has 0 aliphatic carbocycles. The fourth-order valence-electron chi connectivity index (χ4n) is 3.29. The highest BCUT2D eigenvalue weighted by Gasteiger charge is 2.26. The molecule has 1 fully saturated rings. The first-order chi connectivity index (χ1) is 11.2. The highest BCUT2D eigenvalue weighted by molar-refractivity contribution is 7.99. The van der Waals surface area contributed by atoms with E-state index in [4.69, 9.17) is 9.84 Å². The Labute approximate surface area is 146 Å². The molecule has 0 aromatic rings. The van der Waals surface area contributed by atoms with E-state index in [2.05, 4.69) is 18.7 Å². The van der Waals surface area contributed by atoms with E-state index in [1.807, 2.05) is 0 Å². The van der Waals surface area contributed by atoms with Gasteiger partial charge in [0, 0.05) is 19.6 Å². The quantitative estimate of drug-likeness (QED) is 0.405. The zero-order chi connectivity index (χ0) is 16.8. The van der Waals surface area contributed by atoms with Crippen molar-refractivity contribution in [3.63, 3.8) is 0 Å². The van der Waals surface area contributed by atoms with Crippen LogP contribution in [0.2, 0.25) is 0 Å². The smallest absolute Gasteiger partial charge is 0.303 e. The Morgan fingerprint density at radius 2 is 1.65 bits per heavy atom. The minimum Gasteiger partial charge on any atom is -0.481 e. The number of rotatable bonds is 15. The van der Waals surface area contributed by atoms with E-state index >= 15 is 0 Å². The van der Waals surface area contributed by atoms with Crippen LogP contribution in [0, 0.1) is 11.8 Å². The number of carbonyl (C=O) groups is 1. The zero-order valence-electron chi connectivity index (χ0n) is 14.9. The zero-order valence-corrected chi connectivity index (χ0v) is 15.7. The van der Waals surface area contributed by atoms with Gasteiger partial charge in [0.15, 0.2) is 0 Å². The molecule has 0 saturated carbocycles. The van der Waals surface area contributed by atoms with E-state index in [0.29, 0.717) is 6.42 Å². The van der Waals surface area contributed by atoms with Crippen LogP contribution in [-0.4, -0.2) is 35.8 Å². The highest BCUT2D eigenvalue weighted by Crippen LogP contribution is 2.35. The Bertz CT molecular complexity index is 296. The normalized spacial score (nSPS) is 20.9. The molecule has 2 atom stereocenters. The van der Waals surface area contributed by atoms with Crippen molar-refractivity contribution in [2.45, 2.75) is 77.6 Å². The number of thioether (sulfide) groups is 1. The van der Waals surface area contributed by atoms with E-state index < -0.39 is 5.97 Å². The lowest BCUT2D eigenvalue weighted by Gasteiger charge is -2.18. The summed E-state index contributed by atoms with van der Waals surface area (Å²) in [4.78, 5) is 10.5. The number of aliphatic carboxylic acids is 1. The third-order valence-electron chi connectivity index (χ3n) is 4.82. The van der Waals surface area contributed by atoms with Crippen molar-refractivity contribution in [1.29, 1.82) is 0 Å². The summed E-state index contributed by atoms with van der Waals surface area (Å²) in [5, 5.41) is 8.63. The predicted molar refractivity (Wildman–Crippen MR) is 99.2 cm³/mol. The van der Waals surface area contributed by atoms with Crippen molar-refractivity contribution < 1.29 is 14.6 Å². The molecule has 0 radical (unpaired) electrons. The maximum atomic E-state index is 10.5. The molecule has 1 aliphatic rings. The number of carboxylic acids is 1. The predicted octanol–water partition coefficient (Wildman–Crippen LogP) is 5.38. The van der Waals surface area contributed by atoms with Crippen molar-refractivity contribution in [3.8, 4) is 0 Å². The molecule has 23 heavy (non-hydrogen) atoms. The van der Waals surface area contributed by atoms with Crippen LogP contribution in [0.5, 0.6) is 0 Å². The molecule has 2 unspecified atom stereocenters. The number of unbranched alkanes of at least 4 members (excludes halogenated alkanes) is 6. The Hall–Kier alpha value is -0.220. The van der Waals surface area contributed by atoms with Gasteiger partial charge < -0.3 is 9.84 Å². The van der Waals surface area contributed by atoms with Crippen LogP contribution in [-0.2, 0) is 9.53 Å². The SMILES string of the molecule is CCCCCCOCCC1CSCC1CCCCCCC(=O)O. The molecule has 1 saturated heterocycles. The lowest BCUT2D eigenvalue weighted by Crippen LogP contribution is -2.15. The van der Waals surface area contributed by atoms with Crippen LogP contribution in [0.25, 0.3) is 0 Å². The maximum Gasteiger partial charge on any atom is 0.303 e. The first kappa shape index (κ1) is 20.8. The van der Waals surface area contributed by atoms with E-state index in [1.165, 1.54) is 62.9 Å². The van der Waals surface area contributed by atoms with Gasteiger partial charge in [-0.1, -0.05) is 45.4 Å². The summed E-state index contributed by atoms with van der Waals surface area (Å²) < 4.78 is 5.81. The number of hydrogen-bond acceptors (Lipinski definition) is 3. The second kappa shape index (κ2) is 14.2. The molecule has 0 spiro atoms. The summed E-state index contributed by atoms with van der Waals surface area (Å²) in [5.74, 6) is 3.67. The highest BCUT2D eigenvalue weighted by atomic mass is 32.2. The molecule has 1 heterocycles. The van der Waals surface area contributed by atoms with Crippen LogP contribution in [0.4, 0.5) is 0 Å². The molecule has 0 amide bonds. The van der Waals surface area contributed by atoms with Crippen LogP contribution in [0.15, 0.2) is 0 Å². The van der Waals surface area contributed by atoms with Gasteiger partial charge in [-0.3, -0.25) is 4.79 Å². The summed E-state index contributed by atoms with van der Waals surface area (Å²) in [5.41, 5.74) is 0. The van der Waals surface area contributed by atoms with Crippen molar-refractivity contribution in [3.05, 3.63) is 0 Å².